The van der Waals surface area contributed by atoms with E-state index in [1.165, 1.54) is 4.90 Å². The van der Waals surface area contributed by atoms with Gasteiger partial charge in [-0.25, -0.2) is 9.69 Å². The van der Waals surface area contributed by atoms with E-state index >= 15 is 0 Å². The molecule has 1 fully saturated rings. The van der Waals surface area contributed by atoms with E-state index in [0.29, 0.717) is 37.2 Å². The van der Waals surface area contributed by atoms with Crippen LogP contribution in [-0.2, 0) is 22.6 Å². The molecule has 0 radical (unpaired) electrons. The third-order valence-corrected chi connectivity index (χ3v) is 6.60. The molecule has 3 rings (SSSR count). The van der Waals surface area contributed by atoms with Crippen LogP contribution in [0.2, 0.25) is 0 Å². The average molecular weight is 467 g/mol. The highest BCUT2D eigenvalue weighted by atomic mass is 16.5. The summed E-state index contributed by atoms with van der Waals surface area (Å²) in [7, 11) is 0. The molecule has 1 heterocycles. The summed E-state index contributed by atoms with van der Waals surface area (Å²) in [6, 6.07) is 14.4. The van der Waals surface area contributed by atoms with E-state index in [0.717, 1.165) is 17.5 Å². The van der Waals surface area contributed by atoms with Gasteiger partial charge in [0.15, 0.2) is 6.23 Å². The summed E-state index contributed by atoms with van der Waals surface area (Å²) < 4.78 is 6.22. The van der Waals surface area contributed by atoms with Crippen LogP contribution in [0.3, 0.4) is 0 Å². The van der Waals surface area contributed by atoms with E-state index in [9.17, 15) is 14.4 Å². The largest absolute Gasteiger partial charge is 0.481 e. The lowest BCUT2D eigenvalue weighted by molar-refractivity contribution is -0.192. The topological polar surface area (TPSA) is 87.2 Å². The number of carboxylic acids is 1. The Bertz CT molecular complexity index is 1010. The molecule has 0 aliphatic carbocycles. The lowest BCUT2D eigenvalue weighted by Crippen LogP contribution is -2.73. The molecule has 0 bridgehead atoms. The van der Waals surface area contributed by atoms with Gasteiger partial charge in [-0.1, -0.05) is 62.7 Å². The van der Waals surface area contributed by atoms with Crippen LogP contribution in [0.1, 0.15) is 56.7 Å². The van der Waals surface area contributed by atoms with Crippen molar-refractivity contribution in [2.24, 2.45) is 5.41 Å². The summed E-state index contributed by atoms with van der Waals surface area (Å²) >= 11 is 0. The van der Waals surface area contributed by atoms with E-state index in [4.69, 9.17) is 9.84 Å². The number of nitrogens with zero attached hydrogens (tertiary/aromatic N) is 2. The van der Waals surface area contributed by atoms with Crippen LogP contribution < -0.4 is 4.74 Å². The SMILES string of the molecule is CCCN(Cc1ccc(C)cc1)C(=O)N1C(=O)C(CC)(CC)C1Oc1ccc(CC(=O)O)cc1. The minimum atomic E-state index is -0.907. The van der Waals surface area contributed by atoms with Crippen LogP contribution in [-0.4, -0.2) is 45.6 Å². The Labute approximate surface area is 201 Å². The summed E-state index contributed by atoms with van der Waals surface area (Å²) in [5, 5.41) is 8.98. The molecule has 0 spiro atoms. The number of urea groups is 1. The second-order valence-corrected chi connectivity index (χ2v) is 8.91. The standard InChI is InChI=1S/C27H34N2O5/c1-5-16-28(18-21-10-8-19(4)9-11-21)26(33)29-24(32)27(6-2,7-3)25(29)34-22-14-12-20(13-15-22)17-23(30)31/h8-15,25H,5-7,16-18H2,1-4H3,(H,30,31). The summed E-state index contributed by atoms with van der Waals surface area (Å²) in [4.78, 5) is 40.8. The number of ether oxygens (including phenoxy) is 1. The van der Waals surface area contributed by atoms with Gasteiger partial charge < -0.3 is 14.7 Å². The Morgan fingerprint density at radius 3 is 2.12 bits per heavy atom. The highest BCUT2D eigenvalue weighted by Gasteiger charge is 2.63. The summed E-state index contributed by atoms with van der Waals surface area (Å²) in [5.41, 5.74) is 2.04. The zero-order chi connectivity index (χ0) is 24.9. The molecule has 0 aromatic heterocycles. The third-order valence-electron chi connectivity index (χ3n) is 6.60. The number of carboxylic acid groups (broad SMARTS) is 1. The molecule has 1 saturated heterocycles. The smallest absolute Gasteiger partial charge is 0.330 e. The lowest BCUT2D eigenvalue weighted by Gasteiger charge is -2.54. The van der Waals surface area contributed by atoms with Gasteiger partial charge >= 0.3 is 12.0 Å². The number of imide groups is 1. The number of amides is 3. The van der Waals surface area contributed by atoms with E-state index in [2.05, 4.69) is 0 Å². The molecule has 2 aromatic carbocycles. The fourth-order valence-corrected chi connectivity index (χ4v) is 4.46. The van der Waals surface area contributed by atoms with Crippen molar-refractivity contribution in [2.75, 3.05) is 6.54 Å². The van der Waals surface area contributed by atoms with Gasteiger partial charge in [0, 0.05) is 13.1 Å². The molecule has 2 aromatic rings. The Kier molecular flexibility index (Phi) is 7.97. The molecule has 0 saturated carbocycles. The third kappa shape index (κ3) is 5.08. The van der Waals surface area contributed by atoms with Crippen molar-refractivity contribution in [2.45, 2.75) is 66.2 Å². The second kappa shape index (κ2) is 10.7. The predicted octanol–water partition coefficient (Wildman–Crippen LogP) is 5.01. The molecule has 3 amide bonds. The van der Waals surface area contributed by atoms with Crippen LogP contribution in [0.4, 0.5) is 4.79 Å². The van der Waals surface area contributed by atoms with E-state index in [1.54, 1.807) is 29.2 Å². The normalized spacial score (nSPS) is 16.6. The monoisotopic (exact) mass is 466 g/mol. The molecule has 1 aliphatic rings. The first-order valence-electron chi connectivity index (χ1n) is 11.9. The highest BCUT2D eigenvalue weighted by Crippen LogP contribution is 2.46. The molecular weight excluding hydrogens is 432 g/mol. The Balaban J connectivity index is 1.84. The first-order chi connectivity index (χ1) is 16.2. The fraction of sp³-hybridized carbons (Fsp3) is 0.444. The van der Waals surface area contributed by atoms with Crippen molar-refractivity contribution < 1.29 is 24.2 Å². The predicted molar refractivity (Wildman–Crippen MR) is 129 cm³/mol. The quantitative estimate of drug-likeness (QED) is 0.498. The Morgan fingerprint density at radius 1 is 1.00 bits per heavy atom. The van der Waals surface area contributed by atoms with Gasteiger partial charge in [0.1, 0.15) is 11.2 Å². The van der Waals surface area contributed by atoms with Crippen LogP contribution >= 0.6 is 0 Å². The number of hydrogen-bond donors (Lipinski definition) is 1. The highest BCUT2D eigenvalue weighted by molar-refractivity contribution is 6.03. The van der Waals surface area contributed by atoms with Crippen molar-refractivity contribution in [1.82, 2.24) is 9.80 Å². The number of carbonyl (C=O) groups excluding carboxylic acids is 2. The lowest BCUT2D eigenvalue weighted by atomic mass is 9.72. The zero-order valence-electron chi connectivity index (χ0n) is 20.4. The molecule has 7 nitrogen and oxygen atoms in total. The Hall–Kier alpha value is -3.35. The van der Waals surface area contributed by atoms with Gasteiger partial charge in [-0.3, -0.25) is 9.59 Å². The number of likely N-dealkylation sites (tertiary alicyclic amines) is 1. The number of hydrogen-bond acceptors (Lipinski definition) is 4. The number of β-lactam (4-membered cyclic amide) rings is 1. The van der Waals surface area contributed by atoms with Gasteiger partial charge in [-0.15, -0.1) is 0 Å². The average Bonchev–Trinajstić information content (AvgIpc) is 2.81. The van der Waals surface area contributed by atoms with Gasteiger partial charge in [-0.05, 0) is 49.4 Å². The molecule has 1 N–H and O–H groups in total. The molecule has 182 valence electrons. The maximum Gasteiger partial charge on any atom is 0.330 e. The fourth-order valence-electron chi connectivity index (χ4n) is 4.46. The maximum absolute atomic E-state index is 13.6. The Morgan fingerprint density at radius 2 is 1.59 bits per heavy atom. The van der Waals surface area contributed by atoms with Crippen molar-refractivity contribution >= 4 is 17.9 Å². The number of aliphatic carboxylic acids is 1. The van der Waals surface area contributed by atoms with Crippen LogP contribution in [0.5, 0.6) is 5.75 Å². The second-order valence-electron chi connectivity index (χ2n) is 8.91. The molecule has 1 aliphatic heterocycles. The van der Waals surface area contributed by atoms with Crippen molar-refractivity contribution in [3.8, 4) is 5.75 Å². The maximum atomic E-state index is 13.6. The number of rotatable bonds is 10. The molecule has 34 heavy (non-hydrogen) atoms. The molecular formula is C27H34N2O5. The van der Waals surface area contributed by atoms with E-state index in [1.807, 2.05) is 52.0 Å². The minimum absolute atomic E-state index is 0.0777. The number of aryl methyl sites for hydroxylation is 1. The zero-order valence-corrected chi connectivity index (χ0v) is 20.4. The van der Waals surface area contributed by atoms with Gasteiger partial charge in [-0.2, -0.15) is 0 Å². The molecule has 7 heteroatoms. The van der Waals surface area contributed by atoms with Crippen molar-refractivity contribution in [3.05, 3.63) is 65.2 Å². The first kappa shape index (κ1) is 25.3. The van der Waals surface area contributed by atoms with Crippen LogP contribution in [0.15, 0.2) is 48.5 Å². The van der Waals surface area contributed by atoms with E-state index in [-0.39, 0.29) is 18.4 Å². The first-order valence-corrected chi connectivity index (χ1v) is 11.9. The number of carbonyl (C=O) groups is 3. The van der Waals surface area contributed by atoms with Gasteiger partial charge in [0.05, 0.1) is 6.42 Å². The van der Waals surface area contributed by atoms with Crippen LogP contribution in [0, 0.1) is 12.3 Å². The summed E-state index contributed by atoms with van der Waals surface area (Å²) in [6.07, 6.45) is 1.08. The van der Waals surface area contributed by atoms with Gasteiger partial charge in [0.25, 0.3) is 0 Å². The van der Waals surface area contributed by atoms with Crippen LogP contribution in [0.25, 0.3) is 0 Å². The summed E-state index contributed by atoms with van der Waals surface area (Å²) in [5.74, 6) is -0.619. The van der Waals surface area contributed by atoms with E-state index < -0.39 is 17.6 Å². The molecule has 1 atom stereocenters. The summed E-state index contributed by atoms with van der Waals surface area (Å²) in [6.45, 7) is 8.83. The van der Waals surface area contributed by atoms with Crippen molar-refractivity contribution in [3.63, 3.8) is 0 Å². The number of benzene rings is 2. The van der Waals surface area contributed by atoms with Crippen molar-refractivity contribution in [1.29, 1.82) is 0 Å². The minimum Gasteiger partial charge on any atom is -0.481 e. The van der Waals surface area contributed by atoms with Gasteiger partial charge in [0.2, 0.25) is 5.91 Å². The molecule has 1 unspecified atom stereocenters.